The van der Waals surface area contributed by atoms with Crippen LogP contribution in [0.15, 0.2) is 36.4 Å². The van der Waals surface area contributed by atoms with Crippen molar-refractivity contribution in [3.63, 3.8) is 0 Å². The van der Waals surface area contributed by atoms with E-state index in [0.717, 1.165) is 22.4 Å². The van der Waals surface area contributed by atoms with Gasteiger partial charge in [0.15, 0.2) is 6.10 Å². The van der Waals surface area contributed by atoms with Crippen molar-refractivity contribution in [3.8, 4) is 5.75 Å². The molecule has 5 heteroatoms. The van der Waals surface area contributed by atoms with Crippen molar-refractivity contribution in [3.05, 3.63) is 63.1 Å². The Morgan fingerprint density at radius 1 is 1.17 bits per heavy atom. The lowest BCUT2D eigenvalue weighted by atomic mass is 10.1. The van der Waals surface area contributed by atoms with Gasteiger partial charge in [0.1, 0.15) is 5.75 Å². The summed E-state index contributed by atoms with van der Waals surface area (Å²) in [5.41, 5.74) is 2.99. The second-order valence-electron chi connectivity index (χ2n) is 5.74. The normalized spacial score (nSPS) is 11.9. The lowest BCUT2D eigenvalue weighted by Crippen LogP contribution is -2.37. The number of amides is 1. The van der Waals surface area contributed by atoms with Crippen LogP contribution in [0.5, 0.6) is 5.75 Å². The first-order valence-electron chi connectivity index (χ1n) is 7.86. The maximum Gasteiger partial charge on any atom is 0.261 e. The van der Waals surface area contributed by atoms with E-state index in [1.807, 2.05) is 39.0 Å². The number of nitrogens with one attached hydrogen (secondary N) is 1. The van der Waals surface area contributed by atoms with E-state index in [4.69, 9.17) is 27.9 Å². The number of ether oxygens (including phenoxy) is 1. The van der Waals surface area contributed by atoms with Gasteiger partial charge < -0.3 is 10.1 Å². The number of hydrogen-bond acceptors (Lipinski definition) is 2. The molecule has 2 aromatic rings. The summed E-state index contributed by atoms with van der Waals surface area (Å²) in [5, 5.41) is 3.97. The molecule has 0 aliphatic carbocycles. The Kier molecular flexibility index (Phi) is 6.52. The van der Waals surface area contributed by atoms with E-state index in [9.17, 15) is 4.79 Å². The van der Waals surface area contributed by atoms with E-state index in [-0.39, 0.29) is 5.91 Å². The number of carbonyl (C=O) groups is 1. The summed E-state index contributed by atoms with van der Waals surface area (Å²) in [7, 11) is 0. The Morgan fingerprint density at radius 2 is 1.92 bits per heavy atom. The maximum atomic E-state index is 12.4. The molecule has 128 valence electrons. The second-order valence-corrected chi connectivity index (χ2v) is 6.58. The Balaban J connectivity index is 2.00. The van der Waals surface area contributed by atoms with Crippen molar-refractivity contribution in [1.29, 1.82) is 0 Å². The Bertz CT molecular complexity index is 731. The monoisotopic (exact) mass is 365 g/mol. The zero-order valence-corrected chi connectivity index (χ0v) is 15.5. The number of benzene rings is 2. The van der Waals surface area contributed by atoms with E-state index in [1.54, 1.807) is 18.2 Å². The standard InChI is InChI=1S/C19H21Cl2NO2/c1-4-17(24-18-8-5-12(2)9-13(18)3)19(23)22-11-14-6-7-15(20)10-16(14)21/h5-10,17H,4,11H2,1-3H3,(H,22,23)/t17-/m0/s1. The van der Waals surface area contributed by atoms with E-state index >= 15 is 0 Å². The first-order valence-corrected chi connectivity index (χ1v) is 8.62. The smallest absolute Gasteiger partial charge is 0.261 e. The molecule has 0 spiro atoms. The van der Waals surface area contributed by atoms with Crippen LogP contribution < -0.4 is 10.1 Å². The van der Waals surface area contributed by atoms with Crippen molar-refractivity contribution in [2.24, 2.45) is 0 Å². The van der Waals surface area contributed by atoms with Crippen LogP contribution in [0, 0.1) is 13.8 Å². The second kappa shape index (κ2) is 8.41. The topological polar surface area (TPSA) is 38.3 Å². The molecular formula is C19H21Cl2NO2. The summed E-state index contributed by atoms with van der Waals surface area (Å²) in [4.78, 5) is 12.4. The van der Waals surface area contributed by atoms with Gasteiger partial charge in [0.2, 0.25) is 0 Å². The van der Waals surface area contributed by atoms with Crippen molar-refractivity contribution >= 4 is 29.1 Å². The fraction of sp³-hybridized carbons (Fsp3) is 0.316. The van der Waals surface area contributed by atoms with E-state index < -0.39 is 6.10 Å². The van der Waals surface area contributed by atoms with Gasteiger partial charge in [-0.1, -0.05) is 53.9 Å². The third-order valence-corrected chi connectivity index (χ3v) is 4.32. The average molecular weight is 366 g/mol. The van der Waals surface area contributed by atoms with Crippen LogP contribution in [-0.2, 0) is 11.3 Å². The quantitative estimate of drug-likeness (QED) is 0.774. The number of carbonyl (C=O) groups excluding carboxylic acids is 1. The van der Waals surface area contributed by atoms with Gasteiger partial charge in [-0.05, 0) is 49.6 Å². The highest BCUT2D eigenvalue weighted by Crippen LogP contribution is 2.22. The summed E-state index contributed by atoms with van der Waals surface area (Å²) in [5.74, 6) is 0.565. The third-order valence-electron chi connectivity index (χ3n) is 3.73. The number of hydrogen-bond donors (Lipinski definition) is 1. The fourth-order valence-corrected chi connectivity index (χ4v) is 2.84. The predicted octanol–water partition coefficient (Wildman–Crippen LogP) is 5.08. The molecule has 0 unspecified atom stereocenters. The third kappa shape index (κ3) is 4.89. The van der Waals surface area contributed by atoms with Crippen molar-refractivity contribution < 1.29 is 9.53 Å². The van der Waals surface area contributed by atoms with Crippen LogP contribution in [-0.4, -0.2) is 12.0 Å². The molecule has 0 saturated carbocycles. The Hall–Kier alpha value is -1.71. The molecule has 2 rings (SSSR count). The molecule has 0 fully saturated rings. The van der Waals surface area contributed by atoms with Gasteiger partial charge in [0.25, 0.3) is 5.91 Å². The van der Waals surface area contributed by atoms with Gasteiger partial charge in [-0.2, -0.15) is 0 Å². The van der Waals surface area contributed by atoms with Crippen LogP contribution in [0.25, 0.3) is 0 Å². The van der Waals surface area contributed by atoms with Gasteiger partial charge in [0.05, 0.1) is 0 Å². The molecule has 0 radical (unpaired) electrons. The van der Waals surface area contributed by atoms with Crippen molar-refractivity contribution in [2.75, 3.05) is 0 Å². The summed E-state index contributed by atoms with van der Waals surface area (Å²) in [6.07, 6.45) is 0.0329. The van der Waals surface area contributed by atoms with Gasteiger partial charge in [0, 0.05) is 16.6 Å². The molecule has 0 aliphatic heterocycles. The molecule has 0 aliphatic rings. The first kappa shape index (κ1) is 18.6. The number of aryl methyl sites for hydroxylation is 2. The van der Waals surface area contributed by atoms with Crippen LogP contribution in [0.1, 0.15) is 30.0 Å². The van der Waals surface area contributed by atoms with Crippen LogP contribution in [0.3, 0.4) is 0 Å². The summed E-state index contributed by atoms with van der Waals surface area (Å²) >= 11 is 12.0. The lowest BCUT2D eigenvalue weighted by molar-refractivity contribution is -0.128. The van der Waals surface area contributed by atoms with Crippen molar-refractivity contribution in [2.45, 2.75) is 39.8 Å². The molecule has 2 aromatic carbocycles. The summed E-state index contributed by atoms with van der Waals surface area (Å²) < 4.78 is 5.88. The van der Waals surface area contributed by atoms with Crippen LogP contribution in [0.2, 0.25) is 10.0 Å². The minimum Gasteiger partial charge on any atom is -0.480 e. The number of halogens is 2. The van der Waals surface area contributed by atoms with Crippen molar-refractivity contribution in [1.82, 2.24) is 5.32 Å². The van der Waals surface area contributed by atoms with Crippen LogP contribution >= 0.6 is 23.2 Å². The Morgan fingerprint density at radius 3 is 2.54 bits per heavy atom. The highest BCUT2D eigenvalue weighted by atomic mass is 35.5. The molecule has 1 amide bonds. The molecular weight excluding hydrogens is 345 g/mol. The largest absolute Gasteiger partial charge is 0.480 e. The molecule has 0 heterocycles. The van der Waals surface area contributed by atoms with E-state index in [2.05, 4.69) is 5.32 Å². The minimum atomic E-state index is -0.544. The predicted molar refractivity (Wildman–Crippen MR) is 98.9 cm³/mol. The average Bonchev–Trinajstić information content (AvgIpc) is 2.53. The molecule has 3 nitrogen and oxygen atoms in total. The Labute approximate surface area is 152 Å². The SMILES string of the molecule is CC[C@H](Oc1ccc(C)cc1C)C(=O)NCc1ccc(Cl)cc1Cl. The highest BCUT2D eigenvalue weighted by Gasteiger charge is 2.19. The molecule has 0 aromatic heterocycles. The summed E-state index contributed by atoms with van der Waals surface area (Å²) in [6.45, 7) is 6.25. The number of rotatable bonds is 6. The van der Waals surface area contributed by atoms with Gasteiger partial charge in [-0.3, -0.25) is 4.79 Å². The van der Waals surface area contributed by atoms with E-state index in [1.165, 1.54) is 0 Å². The molecule has 24 heavy (non-hydrogen) atoms. The molecule has 0 bridgehead atoms. The van der Waals surface area contributed by atoms with Crippen LogP contribution in [0.4, 0.5) is 0 Å². The summed E-state index contributed by atoms with van der Waals surface area (Å²) in [6, 6.07) is 11.1. The van der Waals surface area contributed by atoms with E-state index in [0.29, 0.717) is 23.0 Å². The zero-order valence-electron chi connectivity index (χ0n) is 14.0. The lowest BCUT2D eigenvalue weighted by Gasteiger charge is -2.19. The minimum absolute atomic E-state index is 0.163. The fourth-order valence-electron chi connectivity index (χ4n) is 2.37. The van der Waals surface area contributed by atoms with Gasteiger partial charge in [-0.15, -0.1) is 0 Å². The molecule has 1 atom stereocenters. The molecule has 0 saturated heterocycles. The van der Waals surface area contributed by atoms with Gasteiger partial charge in [-0.25, -0.2) is 0 Å². The molecule has 1 N–H and O–H groups in total. The highest BCUT2D eigenvalue weighted by molar-refractivity contribution is 6.35. The zero-order chi connectivity index (χ0) is 17.7. The van der Waals surface area contributed by atoms with Gasteiger partial charge >= 0.3 is 0 Å². The first-order chi connectivity index (χ1) is 11.4. The maximum absolute atomic E-state index is 12.4.